The van der Waals surface area contributed by atoms with Crippen molar-refractivity contribution in [1.29, 1.82) is 0 Å². The summed E-state index contributed by atoms with van der Waals surface area (Å²) < 4.78 is 27.2. The van der Waals surface area contributed by atoms with Gasteiger partial charge in [-0.2, -0.15) is 0 Å². The molecule has 8 heteroatoms. The van der Waals surface area contributed by atoms with Crippen molar-refractivity contribution in [2.75, 3.05) is 0 Å². The van der Waals surface area contributed by atoms with Gasteiger partial charge in [-0.15, -0.1) is 0 Å². The van der Waals surface area contributed by atoms with Crippen molar-refractivity contribution in [3.05, 3.63) is 83.7 Å². The SMILES string of the molecule is Cc1cc2c(F)c(Oc3cc(COCc4ccccc4)ncn3)ccc2n1C(=O)O. The zero-order valence-electron chi connectivity index (χ0n) is 16.1. The zero-order valence-corrected chi connectivity index (χ0v) is 16.1. The molecule has 0 saturated heterocycles. The Morgan fingerprint density at radius 3 is 2.67 bits per heavy atom. The van der Waals surface area contributed by atoms with Gasteiger partial charge in [0.25, 0.3) is 0 Å². The number of halogens is 1. The van der Waals surface area contributed by atoms with Crippen molar-refractivity contribution < 1.29 is 23.8 Å². The van der Waals surface area contributed by atoms with Gasteiger partial charge in [-0.1, -0.05) is 30.3 Å². The summed E-state index contributed by atoms with van der Waals surface area (Å²) in [4.78, 5) is 19.5. The molecule has 0 amide bonds. The first-order chi connectivity index (χ1) is 14.5. The molecule has 7 nitrogen and oxygen atoms in total. The highest BCUT2D eigenvalue weighted by Gasteiger charge is 2.18. The first kappa shape index (κ1) is 19.5. The monoisotopic (exact) mass is 407 g/mol. The predicted molar refractivity (Wildman–Crippen MR) is 107 cm³/mol. The van der Waals surface area contributed by atoms with Crippen LogP contribution in [0.2, 0.25) is 0 Å². The Bertz CT molecular complexity index is 1210. The van der Waals surface area contributed by atoms with Crippen LogP contribution in [-0.4, -0.2) is 25.7 Å². The number of carboxylic acid groups (broad SMARTS) is 1. The largest absolute Gasteiger partial charge is 0.464 e. The van der Waals surface area contributed by atoms with Crippen molar-refractivity contribution in [2.45, 2.75) is 20.1 Å². The van der Waals surface area contributed by atoms with Crippen LogP contribution in [0.1, 0.15) is 17.0 Å². The number of aryl methyl sites for hydroxylation is 1. The summed E-state index contributed by atoms with van der Waals surface area (Å²) in [6.07, 6.45) is 0.143. The molecule has 0 aliphatic rings. The summed E-state index contributed by atoms with van der Waals surface area (Å²) in [5.41, 5.74) is 2.29. The maximum atomic E-state index is 14.9. The van der Waals surface area contributed by atoms with Gasteiger partial charge in [-0.25, -0.2) is 23.7 Å². The Morgan fingerprint density at radius 1 is 1.10 bits per heavy atom. The highest BCUT2D eigenvalue weighted by atomic mass is 19.1. The standard InChI is InChI=1S/C22H18FN3O4/c1-14-9-17-18(26(14)22(27)28)7-8-19(21(17)23)30-20-10-16(24-13-25-20)12-29-11-15-5-3-2-4-6-15/h2-10,13H,11-12H2,1H3,(H,27,28). The second-order valence-electron chi connectivity index (χ2n) is 6.64. The zero-order chi connectivity index (χ0) is 21.1. The second-order valence-corrected chi connectivity index (χ2v) is 6.64. The number of hydrogen-bond acceptors (Lipinski definition) is 5. The molecule has 0 aliphatic carbocycles. The van der Waals surface area contributed by atoms with Gasteiger partial charge in [0, 0.05) is 17.1 Å². The summed E-state index contributed by atoms with van der Waals surface area (Å²) in [6.45, 7) is 2.28. The Hall–Kier alpha value is -3.78. The van der Waals surface area contributed by atoms with E-state index in [-0.39, 0.29) is 29.1 Å². The highest BCUT2D eigenvalue weighted by molar-refractivity contribution is 5.91. The minimum Gasteiger partial charge on any atom is -0.464 e. The fourth-order valence-electron chi connectivity index (χ4n) is 3.16. The molecule has 0 unspecified atom stereocenters. The van der Waals surface area contributed by atoms with Gasteiger partial charge >= 0.3 is 6.09 Å². The van der Waals surface area contributed by atoms with Crippen LogP contribution in [0.5, 0.6) is 11.6 Å². The maximum absolute atomic E-state index is 14.9. The lowest BCUT2D eigenvalue weighted by Crippen LogP contribution is -2.09. The van der Waals surface area contributed by atoms with Crippen LogP contribution in [0.25, 0.3) is 10.9 Å². The Morgan fingerprint density at radius 2 is 1.90 bits per heavy atom. The molecule has 4 aromatic rings. The number of rotatable bonds is 6. The van der Waals surface area contributed by atoms with Gasteiger partial charge in [0.2, 0.25) is 5.88 Å². The van der Waals surface area contributed by atoms with Crippen LogP contribution in [0, 0.1) is 12.7 Å². The number of aromatic nitrogens is 3. The number of hydrogen-bond donors (Lipinski definition) is 1. The van der Waals surface area contributed by atoms with E-state index in [1.807, 2.05) is 30.3 Å². The number of fused-ring (bicyclic) bond motifs is 1. The van der Waals surface area contributed by atoms with Gasteiger partial charge in [0.1, 0.15) is 6.33 Å². The minimum atomic E-state index is -1.17. The van der Waals surface area contributed by atoms with Crippen LogP contribution >= 0.6 is 0 Å². The molecule has 4 rings (SSSR count). The van der Waals surface area contributed by atoms with Crippen molar-refractivity contribution in [3.8, 4) is 11.6 Å². The molecular formula is C22H18FN3O4. The van der Waals surface area contributed by atoms with E-state index >= 15 is 0 Å². The quantitative estimate of drug-likeness (QED) is 0.489. The van der Waals surface area contributed by atoms with Crippen LogP contribution in [0.4, 0.5) is 9.18 Å². The molecule has 1 N–H and O–H groups in total. The third-order valence-electron chi connectivity index (χ3n) is 4.53. The van der Waals surface area contributed by atoms with Gasteiger partial charge in [0.05, 0.1) is 24.4 Å². The van der Waals surface area contributed by atoms with Crippen molar-refractivity contribution in [3.63, 3.8) is 0 Å². The van der Waals surface area contributed by atoms with Crippen molar-refractivity contribution >= 4 is 17.0 Å². The summed E-state index contributed by atoms with van der Waals surface area (Å²) in [5.74, 6) is -0.549. The molecule has 2 aromatic carbocycles. The molecule has 0 saturated carbocycles. The molecule has 0 spiro atoms. The highest BCUT2D eigenvalue weighted by Crippen LogP contribution is 2.31. The number of nitrogens with zero attached hydrogens (tertiary/aromatic N) is 3. The van der Waals surface area contributed by atoms with Gasteiger partial charge in [0.15, 0.2) is 11.6 Å². The van der Waals surface area contributed by atoms with Crippen molar-refractivity contribution in [2.24, 2.45) is 0 Å². The van der Waals surface area contributed by atoms with E-state index in [0.717, 1.165) is 10.1 Å². The van der Waals surface area contributed by atoms with Gasteiger partial charge in [-0.3, -0.25) is 0 Å². The Balaban J connectivity index is 1.50. The van der Waals surface area contributed by atoms with E-state index in [9.17, 15) is 14.3 Å². The third-order valence-corrected chi connectivity index (χ3v) is 4.53. The maximum Gasteiger partial charge on any atom is 0.416 e. The molecular weight excluding hydrogens is 389 g/mol. The normalized spacial score (nSPS) is 11.0. The fraction of sp³-hybridized carbons (Fsp3) is 0.136. The number of carbonyl (C=O) groups is 1. The van der Waals surface area contributed by atoms with E-state index in [2.05, 4.69) is 9.97 Å². The molecule has 2 heterocycles. The molecule has 2 aromatic heterocycles. The minimum absolute atomic E-state index is 0.0557. The second kappa shape index (κ2) is 8.30. The Kier molecular flexibility index (Phi) is 5.40. The molecule has 0 atom stereocenters. The molecule has 152 valence electrons. The predicted octanol–water partition coefficient (Wildman–Crippen LogP) is 4.91. The summed E-state index contributed by atoms with van der Waals surface area (Å²) in [6, 6.07) is 15.7. The summed E-state index contributed by atoms with van der Waals surface area (Å²) in [5, 5.41) is 9.46. The van der Waals surface area contributed by atoms with E-state index in [4.69, 9.17) is 9.47 Å². The average Bonchev–Trinajstić information content (AvgIpc) is 3.08. The molecule has 0 bridgehead atoms. The van der Waals surface area contributed by atoms with E-state index in [1.165, 1.54) is 24.5 Å². The summed E-state index contributed by atoms with van der Waals surface area (Å²) >= 11 is 0. The first-order valence-electron chi connectivity index (χ1n) is 9.17. The van der Waals surface area contributed by atoms with E-state index in [1.54, 1.807) is 13.0 Å². The lowest BCUT2D eigenvalue weighted by atomic mass is 10.2. The average molecular weight is 407 g/mol. The first-order valence-corrected chi connectivity index (χ1v) is 9.17. The van der Waals surface area contributed by atoms with Gasteiger partial charge < -0.3 is 14.6 Å². The summed E-state index contributed by atoms with van der Waals surface area (Å²) in [7, 11) is 0. The smallest absolute Gasteiger partial charge is 0.416 e. The fourth-order valence-corrected chi connectivity index (χ4v) is 3.16. The molecule has 0 aliphatic heterocycles. The van der Waals surface area contributed by atoms with Crippen LogP contribution in [-0.2, 0) is 18.0 Å². The molecule has 30 heavy (non-hydrogen) atoms. The van der Waals surface area contributed by atoms with Crippen LogP contribution in [0.3, 0.4) is 0 Å². The van der Waals surface area contributed by atoms with E-state index < -0.39 is 11.9 Å². The third kappa shape index (κ3) is 3.99. The Labute approximate surface area is 171 Å². The molecule has 0 radical (unpaired) electrons. The lowest BCUT2D eigenvalue weighted by Gasteiger charge is -2.09. The topological polar surface area (TPSA) is 86.5 Å². The van der Waals surface area contributed by atoms with Crippen molar-refractivity contribution in [1.82, 2.24) is 14.5 Å². The van der Waals surface area contributed by atoms with Crippen LogP contribution in [0.15, 0.2) is 60.9 Å². The van der Waals surface area contributed by atoms with Gasteiger partial charge in [-0.05, 0) is 30.7 Å². The van der Waals surface area contributed by atoms with Crippen LogP contribution < -0.4 is 4.74 Å². The number of benzene rings is 2. The molecule has 0 fully saturated rings. The van der Waals surface area contributed by atoms with E-state index in [0.29, 0.717) is 18.0 Å². The lowest BCUT2D eigenvalue weighted by molar-refractivity contribution is 0.104. The number of ether oxygens (including phenoxy) is 2.